The first-order valence-corrected chi connectivity index (χ1v) is 15.5. The second kappa shape index (κ2) is 10.4. The van der Waals surface area contributed by atoms with Gasteiger partial charge in [0.1, 0.15) is 0 Å². The Bertz CT molecular complexity index is 2540. The minimum Gasteiger partial charge on any atom is -0.309 e. The highest BCUT2D eigenvalue weighted by atomic mass is 15.0. The second-order valence-electron chi connectivity index (χ2n) is 11.7. The summed E-state index contributed by atoms with van der Waals surface area (Å²) in [7, 11) is 0. The second-order valence-corrected chi connectivity index (χ2v) is 11.7. The summed E-state index contributed by atoms with van der Waals surface area (Å²) < 4.78 is 4.68. The zero-order valence-corrected chi connectivity index (χ0v) is 24.9. The maximum atomic E-state index is 10.2. The van der Waals surface area contributed by atoms with E-state index >= 15 is 0 Å². The topological polar surface area (TPSA) is 33.6 Å². The smallest absolute Gasteiger partial charge is 0.0998 e. The number of benzene rings is 7. The lowest BCUT2D eigenvalue weighted by molar-refractivity contribution is 1.18. The van der Waals surface area contributed by atoms with Gasteiger partial charge in [-0.25, -0.2) is 0 Å². The molecule has 0 fully saturated rings. The van der Waals surface area contributed by atoms with Crippen LogP contribution >= 0.6 is 0 Å². The standard InChI is InChI=1S/C43H27N3/c44-28-31-22-21-30(33-11-1-6-16-39(33)46-42-19-9-4-14-36(42)37-15-5-10-20-43(37)46)27-38(31)29-23-25-32(26-24-29)45-40-17-7-2-12-34(40)35-13-3-8-18-41(35)45/h1-27H. The number of aromatic nitrogens is 2. The van der Waals surface area contributed by atoms with Crippen LogP contribution in [0.4, 0.5) is 0 Å². The number of para-hydroxylation sites is 5. The van der Waals surface area contributed by atoms with Crippen molar-refractivity contribution in [1.29, 1.82) is 5.26 Å². The summed E-state index contributed by atoms with van der Waals surface area (Å²) in [5.74, 6) is 0. The van der Waals surface area contributed by atoms with E-state index in [-0.39, 0.29) is 0 Å². The van der Waals surface area contributed by atoms with Gasteiger partial charge in [0.25, 0.3) is 0 Å². The molecule has 0 aliphatic carbocycles. The average Bonchev–Trinajstić information content (AvgIpc) is 3.65. The average molecular weight is 586 g/mol. The molecule has 0 unspecified atom stereocenters. The summed E-state index contributed by atoms with van der Waals surface area (Å²) in [5, 5.41) is 15.1. The number of rotatable bonds is 4. The lowest BCUT2D eigenvalue weighted by atomic mass is 9.94. The van der Waals surface area contributed by atoms with Crippen LogP contribution in [0.25, 0.3) is 77.2 Å². The third-order valence-electron chi connectivity index (χ3n) is 9.19. The van der Waals surface area contributed by atoms with Crippen LogP contribution in [0.15, 0.2) is 164 Å². The van der Waals surface area contributed by atoms with Gasteiger partial charge >= 0.3 is 0 Å². The van der Waals surface area contributed by atoms with E-state index in [2.05, 4.69) is 173 Å². The summed E-state index contributed by atoms with van der Waals surface area (Å²) in [6.45, 7) is 0. The molecule has 0 saturated carbocycles. The molecule has 0 radical (unpaired) electrons. The van der Waals surface area contributed by atoms with Gasteiger partial charge in [0.05, 0.1) is 39.4 Å². The van der Waals surface area contributed by atoms with Crippen molar-refractivity contribution >= 4 is 43.6 Å². The van der Waals surface area contributed by atoms with Crippen molar-refractivity contribution in [2.24, 2.45) is 0 Å². The maximum absolute atomic E-state index is 10.2. The molecule has 0 N–H and O–H groups in total. The molecule has 2 aromatic heterocycles. The van der Waals surface area contributed by atoms with E-state index in [4.69, 9.17) is 0 Å². The van der Waals surface area contributed by atoms with E-state index < -0.39 is 0 Å². The normalized spacial score (nSPS) is 11.5. The predicted octanol–water partition coefficient (Wildman–Crippen LogP) is 11.1. The molecule has 3 heteroatoms. The molecule has 9 rings (SSSR count). The van der Waals surface area contributed by atoms with Gasteiger partial charge < -0.3 is 9.13 Å². The first-order chi connectivity index (χ1) is 22.8. The zero-order chi connectivity index (χ0) is 30.6. The third-order valence-corrected chi connectivity index (χ3v) is 9.19. The lowest BCUT2D eigenvalue weighted by Crippen LogP contribution is -1.97. The van der Waals surface area contributed by atoms with Gasteiger partial charge in [0.2, 0.25) is 0 Å². The quantitative estimate of drug-likeness (QED) is 0.202. The molecule has 9 aromatic rings. The maximum Gasteiger partial charge on any atom is 0.0998 e. The molecular formula is C43H27N3. The van der Waals surface area contributed by atoms with Crippen molar-refractivity contribution in [3.8, 4) is 39.7 Å². The Hall–Kier alpha value is -6.37. The Morgan fingerprint density at radius 3 is 1.39 bits per heavy atom. The Morgan fingerprint density at radius 2 is 0.848 bits per heavy atom. The largest absolute Gasteiger partial charge is 0.309 e. The highest BCUT2D eigenvalue weighted by Crippen LogP contribution is 2.38. The van der Waals surface area contributed by atoms with E-state index in [0.717, 1.165) is 33.6 Å². The van der Waals surface area contributed by atoms with Gasteiger partial charge in [-0.15, -0.1) is 0 Å². The van der Waals surface area contributed by atoms with Gasteiger partial charge in [-0.3, -0.25) is 0 Å². The van der Waals surface area contributed by atoms with Crippen molar-refractivity contribution in [3.05, 3.63) is 169 Å². The van der Waals surface area contributed by atoms with Crippen molar-refractivity contribution in [2.75, 3.05) is 0 Å². The molecular weight excluding hydrogens is 558 g/mol. The summed E-state index contributed by atoms with van der Waals surface area (Å²) in [5.41, 5.74) is 11.7. The molecule has 7 aromatic carbocycles. The van der Waals surface area contributed by atoms with E-state index in [9.17, 15) is 5.26 Å². The van der Waals surface area contributed by atoms with Crippen LogP contribution in [0.2, 0.25) is 0 Å². The monoisotopic (exact) mass is 585 g/mol. The highest BCUT2D eigenvalue weighted by molar-refractivity contribution is 6.10. The van der Waals surface area contributed by atoms with Crippen molar-refractivity contribution in [2.45, 2.75) is 0 Å². The summed E-state index contributed by atoms with van der Waals surface area (Å²) >= 11 is 0. The van der Waals surface area contributed by atoms with E-state index in [1.54, 1.807) is 0 Å². The van der Waals surface area contributed by atoms with E-state index in [0.29, 0.717) is 5.56 Å². The molecule has 46 heavy (non-hydrogen) atoms. The van der Waals surface area contributed by atoms with Crippen LogP contribution in [0.1, 0.15) is 5.56 Å². The fourth-order valence-corrected chi connectivity index (χ4v) is 7.13. The number of nitrogens with zero attached hydrogens (tertiary/aromatic N) is 3. The van der Waals surface area contributed by atoms with Crippen molar-refractivity contribution in [3.63, 3.8) is 0 Å². The highest BCUT2D eigenvalue weighted by Gasteiger charge is 2.17. The van der Waals surface area contributed by atoms with Gasteiger partial charge in [-0.05, 0) is 65.7 Å². The van der Waals surface area contributed by atoms with Crippen LogP contribution in [0, 0.1) is 11.3 Å². The Balaban J connectivity index is 1.19. The number of nitriles is 1. The summed E-state index contributed by atoms with van der Waals surface area (Å²) in [6.07, 6.45) is 0. The molecule has 2 heterocycles. The third kappa shape index (κ3) is 3.91. The minimum atomic E-state index is 0.655. The van der Waals surface area contributed by atoms with Crippen LogP contribution in [0.5, 0.6) is 0 Å². The lowest BCUT2D eigenvalue weighted by Gasteiger charge is -2.15. The first-order valence-electron chi connectivity index (χ1n) is 15.5. The number of fused-ring (bicyclic) bond motifs is 6. The van der Waals surface area contributed by atoms with Crippen molar-refractivity contribution < 1.29 is 0 Å². The van der Waals surface area contributed by atoms with Crippen LogP contribution in [0.3, 0.4) is 0 Å². The van der Waals surface area contributed by atoms with Crippen LogP contribution in [-0.2, 0) is 0 Å². The van der Waals surface area contributed by atoms with Gasteiger partial charge in [0, 0.05) is 38.4 Å². The van der Waals surface area contributed by atoms with E-state index in [1.807, 2.05) is 6.07 Å². The molecule has 0 spiro atoms. The first kappa shape index (κ1) is 26.1. The molecule has 0 aliphatic heterocycles. The molecule has 0 atom stereocenters. The van der Waals surface area contributed by atoms with Crippen LogP contribution in [-0.4, -0.2) is 9.13 Å². The Labute approximate surface area is 266 Å². The fourth-order valence-electron chi connectivity index (χ4n) is 7.13. The Morgan fingerprint density at radius 1 is 0.391 bits per heavy atom. The molecule has 0 amide bonds. The number of hydrogen-bond acceptors (Lipinski definition) is 1. The zero-order valence-electron chi connectivity index (χ0n) is 24.9. The predicted molar refractivity (Wildman–Crippen MR) is 191 cm³/mol. The van der Waals surface area contributed by atoms with Gasteiger partial charge in [0.15, 0.2) is 0 Å². The molecule has 0 aliphatic rings. The SMILES string of the molecule is N#Cc1ccc(-c2ccccc2-n2c3ccccc3c3ccccc32)cc1-c1ccc(-n2c3ccccc3c3ccccc32)cc1. The van der Waals surface area contributed by atoms with Crippen molar-refractivity contribution in [1.82, 2.24) is 9.13 Å². The molecule has 0 bridgehead atoms. The number of hydrogen-bond donors (Lipinski definition) is 0. The molecule has 3 nitrogen and oxygen atoms in total. The summed E-state index contributed by atoms with van der Waals surface area (Å²) in [6, 6.07) is 60.0. The van der Waals surface area contributed by atoms with E-state index in [1.165, 1.54) is 43.6 Å². The fraction of sp³-hybridized carbons (Fsp3) is 0. The van der Waals surface area contributed by atoms with Gasteiger partial charge in [-0.1, -0.05) is 109 Å². The molecule has 214 valence electrons. The minimum absolute atomic E-state index is 0.655. The van der Waals surface area contributed by atoms with Gasteiger partial charge in [-0.2, -0.15) is 5.26 Å². The Kier molecular flexibility index (Phi) is 5.88. The van der Waals surface area contributed by atoms with Crippen LogP contribution < -0.4 is 0 Å². The summed E-state index contributed by atoms with van der Waals surface area (Å²) in [4.78, 5) is 0. The molecule has 0 saturated heterocycles.